The molecule has 0 saturated heterocycles. The van der Waals surface area contributed by atoms with Crippen LogP contribution in [0.4, 0.5) is 52.7 Å². The van der Waals surface area contributed by atoms with Crippen LogP contribution < -0.4 is 0 Å². The van der Waals surface area contributed by atoms with E-state index in [2.05, 4.69) is 0 Å². The van der Waals surface area contributed by atoms with Gasteiger partial charge in [-0.05, 0) is 10.8 Å². The lowest BCUT2D eigenvalue weighted by Crippen LogP contribution is -2.59. The fourth-order valence-electron chi connectivity index (χ4n) is 0.583. The van der Waals surface area contributed by atoms with Crippen LogP contribution in [0.15, 0.2) is 0 Å². The van der Waals surface area contributed by atoms with E-state index < -0.39 is 56.8 Å². The fraction of sp³-hybridized carbons (Fsp3) is 1.00. The van der Waals surface area contributed by atoms with Gasteiger partial charge in [0.25, 0.3) is 0 Å². The molecule has 0 amide bonds. The second-order valence-electron chi connectivity index (χ2n) is 3.12. The molecule has 0 rings (SSSR count). The zero-order chi connectivity index (χ0) is 16.6. The molecule has 0 aliphatic carbocycles. The highest BCUT2D eigenvalue weighted by atomic mass is 33.1. The Labute approximate surface area is 110 Å². The summed E-state index contributed by atoms with van der Waals surface area (Å²) in [5.41, 5.74) is 0. The Bertz CT molecular complexity index is 328. The maximum absolute atomic E-state index is 12.6. The standard InChI is InChI=1S/C6H2F12S2/c7-2(8,9)1-19-20-6(17,18)4(12,13)3(10,11)5(14,15)16/h1H2. The largest absolute Gasteiger partial charge is 0.460 e. The average Bonchev–Trinajstić information content (AvgIpc) is 2.12. The van der Waals surface area contributed by atoms with Crippen molar-refractivity contribution in [1.29, 1.82) is 0 Å². The Morgan fingerprint density at radius 3 is 1.30 bits per heavy atom. The summed E-state index contributed by atoms with van der Waals surface area (Å²) in [5.74, 6) is -16.2. The lowest BCUT2D eigenvalue weighted by molar-refractivity contribution is -0.381. The van der Waals surface area contributed by atoms with E-state index in [1.807, 2.05) is 0 Å². The van der Waals surface area contributed by atoms with Crippen molar-refractivity contribution < 1.29 is 52.7 Å². The zero-order valence-electron chi connectivity index (χ0n) is 8.56. The molecule has 0 unspecified atom stereocenters. The topological polar surface area (TPSA) is 0 Å². The Balaban J connectivity index is 5.08. The molecule has 0 atom stereocenters. The molecule has 0 spiro atoms. The molecule has 0 saturated carbocycles. The van der Waals surface area contributed by atoms with Crippen LogP contribution in [0.1, 0.15) is 0 Å². The highest BCUT2D eigenvalue weighted by molar-refractivity contribution is 8.77. The van der Waals surface area contributed by atoms with E-state index in [0.29, 0.717) is 0 Å². The number of hydrogen-bond donors (Lipinski definition) is 0. The normalized spacial score (nSPS) is 15.6. The fourth-order valence-corrected chi connectivity index (χ4v) is 2.49. The first kappa shape index (κ1) is 19.9. The molecular formula is C6H2F12S2. The van der Waals surface area contributed by atoms with Crippen molar-refractivity contribution in [1.82, 2.24) is 0 Å². The molecule has 0 aromatic rings. The highest BCUT2D eigenvalue weighted by Crippen LogP contribution is 2.59. The van der Waals surface area contributed by atoms with Crippen LogP contribution in [0.2, 0.25) is 0 Å². The van der Waals surface area contributed by atoms with Crippen LogP contribution in [-0.2, 0) is 0 Å². The van der Waals surface area contributed by atoms with Crippen molar-refractivity contribution in [3.63, 3.8) is 0 Å². The van der Waals surface area contributed by atoms with Gasteiger partial charge >= 0.3 is 29.5 Å². The molecule has 122 valence electrons. The van der Waals surface area contributed by atoms with Gasteiger partial charge in [0.2, 0.25) is 0 Å². The molecule has 0 aliphatic rings. The van der Waals surface area contributed by atoms with Crippen LogP contribution in [0, 0.1) is 0 Å². The third-order valence-corrected chi connectivity index (χ3v) is 3.87. The summed E-state index contributed by atoms with van der Waals surface area (Å²) in [7, 11) is -2.73. The van der Waals surface area contributed by atoms with Gasteiger partial charge in [-0.1, -0.05) is 10.8 Å². The third-order valence-electron chi connectivity index (χ3n) is 1.50. The lowest BCUT2D eigenvalue weighted by atomic mass is 10.1. The van der Waals surface area contributed by atoms with E-state index in [1.165, 1.54) is 0 Å². The number of rotatable bonds is 5. The van der Waals surface area contributed by atoms with E-state index in [0.717, 1.165) is 0 Å². The molecule has 0 bridgehead atoms. The molecule has 0 N–H and O–H groups in total. The smallest absolute Gasteiger partial charge is 0.191 e. The molecule has 0 heterocycles. The zero-order valence-corrected chi connectivity index (χ0v) is 10.2. The summed E-state index contributed by atoms with van der Waals surface area (Å²) in [5, 5.41) is -6.07. The first-order chi connectivity index (χ1) is 8.46. The first-order valence-corrected chi connectivity index (χ1v) is 6.35. The second kappa shape index (κ2) is 5.57. The van der Waals surface area contributed by atoms with Crippen molar-refractivity contribution in [2.75, 3.05) is 5.75 Å². The minimum atomic E-state index is -7.10. The second-order valence-corrected chi connectivity index (χ2v) is 5.53. The molecule has 0 aliphatic heterocycles. The average molecular weight is 366 g/mol. The minimum absolute atomic E-state index is 1.02. The number of halogens is 12. The Kier molecular flexibility index (Phi) is 5.53. The Hall–Kier alpha value is -0.140. The van der Waals surface area contributed by atoms with Crippen LogP contribution in [0.5, 0.6) is 0 Å². The Morgan fingerprint density at radius 2 is 1.00 bits per heavy atom. The van der Waals surface area contributed by atoms with Gasteiger partial charge in [-0.2, -0.15) is 52.7 Å². The van der Waals surface area contributed by atoms with E-state index in [-0.39, 0.29) is 0 Å². The van der Waals surface area contributed by atoms with Crippen LogP contribution in [-0.4, -0.2) is 35.2 Å². The number of hydrogen-bond acceptors (Lipinski definition) is 2. The van der Waals surface area contributed by atoms with E-state index in [4.69, 9.17) is 0 Å². The highest BCUT2D eigenvalue weighted by Gasteiger charge is 2.82. The van der Waals surface area contributed by atoms with Crippen LogP contribution >= 0.6 is 21.6 Å². The molecule has 0 aromatic heterocycles. The Morgan fingerprint density at radius 1 is 0.600 bits per heavy atom. The molecule has 0 nitrogen and oxygen atoms in total. The van der Waals surface area contributed by atoms with E-state index in [1.54, 1.807) is 0 Å². The summed E-state index contributed by atoms with van der Waals surface area (Å²) in [6, 6.07) is 0. The van der Waals surface area contributed by atoms with Crippen molar-refractivity contribution in [3.05, 3.63) is 0 Å². The van der Waals surface area contributed by atoms with E-state index in [9.17, 15) is 52.7 Å². The van der Waals surface area contributed by atoms with Gasteiger partial charge in [-0.3, -0.25) is 0 Å². The van der Waals surface area contributed by atoms with Crippen molar-refractivity contribution in [2.24, 2.45) is 0 Å². The minimum Gasteiger partial charge on any atom is -0.191 e. The SMILES string of the molecule is FC(F)(F)CSSC(F)(F)C(F)(F)C(F)(F)C(F)(F)F. The van der Waals surface area contributed by atoms with Crippen molar-refractivity contribution in [3.8, 4) is 0 Å². The van der Waals surface area contributed by atoms with Crippen LogP contribution in [0.3, 0.4) is 0 Å². The predicted octanol–water partition coefficient (Wildman–Crippen LogP) is 5.36. The maximum Gasteiger partial charge on any atom is 0.460 e. The number of alkyl halides is 12. The van der Waals surface area contributed by atoms with Gasteiger partial charge in [-0.25, -0.2) is 0 Å². The molecule has 14 heteroatoms. The molecule has 0 fully saturated rings. The van der Waals surface area contributed by atoms with Gasteiger partial charge in [0.15, 0.2) is 0 Å². The summed E-state index contributed by atoms with van der Waals surface area (Å²) in [6.45, 7) is 0. The summed E-state index contributed by atoms with van der Waals surface area (Å²) >= 11 is 0. The maximum atomic E-state index is 12.6. The molecular weight excluding hydrogens is 364 g/mol. The molecule has 0 radical (unpaired) electrons. The summed E-state index contributed by atoms with van der Waals surface area (Å²) in [4.78, 5) is 0. The molecule has 20 heavy (non-hydrogen) atoms. The van der Waals surface area contributed by atoms with Gasteiger partial charge in [0.1, 0.15) is 5.75 Å². The van der Waals surface area contributed by atoms with Gasteiger partial charge in [0, 0.05) is 0 Å². The van der Waals surface area contributed by atoms with Gasteiger partial charge < -0.3 is 0 Å². The van der Waals surface area contributed by atoms with Gasteiger partial charge in [0.05, 0.1) is 0 Å². The summed E-state index contributed by atoms with van der Waals surface area (Å²) < 4.78 is 144. The van der Waals surface area contributed by atoms with Gasteiger partial charge in [-0.15, -0.1) is 0 Å². The van der Waals surface area contributed by atoms with Crippen LogP contribution in [0.25, 0.3) is 0 Å². The molecule has 0 aromatic carbocycles. The first-order valence-electron chi connectivity index (χ1n) is 4.03. The quantitative estimate of drug-likeness (QED) is 0.475. The summed E-state index contributed by atoms with van der Waals surface area (Å²) in [6.07, 6.45) is -12.1. The van der Waals surface area contributed by atoms with Crippen molar-refractivity contribution >= 4 is 21.6 Å². The predicted molar refractivity (Wildman–Crippen MR) is 47.0 cm³/mol. The third kappa shape index (κ3) is 4.18. The van der Waals surface area contributed by atoms with E-state index >= 15 is 0 Å². The monoisotopic (exact) mass is 366 g/mol. The lowest BCUT2D eigenvalue weighted by Gasteiger charge is -2.32. The van der Waals surface area contributed by atoms with Crippen molar-refractivity contribution in [2.45, 2.75) is 29.5 Å².